The van der Waals surface area contributed by atoms with Crippen LogP contribution in [0.3, 0.4) is 0 Å². The molecule has 4 rings (SSSR count). The average molecular weight is 427 g/mol. The topological polar surface area (TPSA) is 63.6 Å². The van der Waals surface area contributed by atoms with Crippen LogP contribution in [0.25, 0.3) is 16.8 Å². The third-order valence-electron chi connectivity index (χ3n) is 6.48. The minimum Gasteiger partial charge on any atom is -0.507 e. The molecular weight excluding hydrogens is 396 g/mol. The van der Waals surface area contributed by atoms with Crippen molar-refractivity contribution in [2.45, 2.75) is 51.4 Å². The number of sulfone groups is 1. The molecule has 0 radical (unpaired) electrons. The Balaban J connectivity index is 1.58. The van der Waals surface area contributed by atoms with Gasteiger partial charge in [0.25, 0.3) is 0 Å². The zero-order valence-corrected chi connectivity index (χ0v) is 18.7. The lowest BCUT2D eigenvalue weighted by molar-refractivity contribution is 0.117. The number of hydrogen-bond acceptors (Lipinski definition) is 4. The molecule has 1 saturated heterocycles. The second kappa shape index (κ2) is 8.20. The van der Waals surface area contributed by atoms with E-state index < -0.39 is 15.1 Å². The second-order valence-corrected chi connectivity index (χ2v) is 10.9. The fourth-order valence-corrected chi connectivity index (χ4v) is 6.87. The minimum atomic E-state index is -3.11. The van der Waals surface area contributed by atoms with Crippen molar-refractivity contribution >= 4 is 26.7 Å². The van der Waals surface area contributed by atoms with E-state index in [1.165, 1.54) is 5.57 Å². The Labute approximate surface area is 179 Å². The summed E-state index contributed by atoms with van der Waals surface area (Å²) in [4.78, 5) is 0. The Hall–Kier alpha value is -2.11. The molecule has 0 spiro atoms. The van der Waals surface area contributed by atoms with Crippen molar-refractivity contribution in [3.63, 3.8) is 0 Å². The first-order valence-electron chi connectivity index (χ1n) is 10.8. The number of benzene rings is 2. The Morgan fingerprint density at radius 3 is 2.63 bits per heavy atom. The first kappa shape index (κ1) is 21.1. The highest BCUT2D eigenvalue weighted by Gasteiger charge is 2.47. The van der Waals surface area contributed by atoms with Gasteiger partial charge in [-0.05, 0) is 53.3 Å². The fourth-order valence-electron chi connectivity index (χ4n) is 4.76. The van der Waals surface area contributed by atoms with Crippen LogP contribution in [-0.4, -0.2) is 37.2 Å². The molecule has 5 heteroatoms. The monoisotopic (exact) mass is 426 g/mol. The maximum atomic E-state index is 12.5. The Kier molecular flexibility index (Phi) is 5.78. The van der Waals surface area contributed by atoms with E-state index in [-0.39, 0.29) is 17.8 Å². The van der Waals surface area contributed by atoms with Crippen molar-refractivity contribution < 1.29 is 18.3 Å². The maximum absolute atomic E-state index is 12.5. The summed E-state index contributed by atoms with van der Waals surface area (Å²) in [6, 6.07) is 11.6. The van der Waals surface area contributed by atoms with Crippen LogP contribution in [0.5, 0.6) is 5.75 Å². The number of aromatic hydroxyl groups is 1. The van der Waals surface area contributed by atoms with Gasteiger partial charge in [0.15, 0.2) is 9.84 Å². The van der Waals surface area contributed by atoms with E-state index in [9.17, 15) is 13.5 Å². The van der Waals surface area contributed by atoms with Gasteiger partial charge in [0, 0.05) is 5.39 Å². The maximum Gasteiger partial charge on any atom is 0.163 e. The molecule has 0 bridgehead atoms. The first-order valence-corrected chi connectivity index (χ1v) is 12.5. The van der Waals surface area contributed by atoms with E-state index in [4.69, 9.17) is 4.74 Å². The Morgan fingerprint density at radius 2 is 1.93 bits per heavy atom. The van der Waals surface area contributed by atoms with Crippen molar-refractivity contribution in [2.75, 3.05) is 12.4 Å². The van der Waals surface area contributed by atoms with Gasteiger partial charge in [-0.3, -0.25) is 0 Å². The van der Waals surface area contributed by atoms with E-state index in [2.05, 4.69) is 26.8 Å². The largest absolute Gasteiger partial charge is 0.507 e. The number of hydrogen-bond donors (Lipinski definition) is 1. The minimum absolute atomic E-state index is 0.101. The van der Waals surface area contributed by atoms with Gasteiger partial charge in [-0.2, -0.15) is 0 Å². The highest BCUT2D eigenvalue weighted by atomic mass is 32.2. The molecule has 160 valence electrons. The molecule has 0 unspecified atom stereocenters. The number of ether oxygens (including phenoxy) is 1. The van der Waals surface area contributed by atoms with Gasteiger partial charge in [0.05, 0.1) is 18.5 Å². The molecule has 1 fully saturated rings. The highest BCUT2D eigenvalue weighted by Crippen LogP contribution is 2.41. The van der Waals surface area contributed by atoms with Gasteiger partial charge in [-0.25, -0.2) is 8.42 Å². The van der Waals surface area contributed by atoms with Crippen molar-refractivity contribution in [3.05, 3.63) is 58.7 Å². The predicted molar refractivity (Wildman–Crippen MR) is 122 cm³/mol. The van der Waals surface area contributed by atoms with Gasteiger partial charge >= 0.3 is 0 Å². The van der Waals surface area contributed by atoms with E-state index in [1.807, 2.05) is 30.3 Å². The summed E-state index contributed by atoms with van der Waals surface area (Å²) in [6.45, 7) is 6.59. The summed E-state index contributed by atoms with van der Waals surface area (Å²) in [6.07, 6.45) is 4.68. The van der Waals surface area contributed by atoms with E-state index in [0.29, 0.717) is 12.4 Å². The van der Waals surface area contributed by atoms with Crippen LogP contribution in [-0.2, 0) is 14.6 Å². The summed E-state index contributed by atoms with van der Waals surface area (Å²) in [5.74, 6) is 0.718. The van der Waals surface area contributed by atoms with E-state index in [0.717, 1.165) is 46.7 Å². The third kappa shape index (κ3) is 3.81. The summed E-state index contributed by atoms with van der Waals surface area (Å²) in [5, 5.41) is 11.6. The van der Waals surface area contributed by atoms with Gasteiger partial charge in [0.2, 0.25) is 0 Å². The molecule has 2 aromatic rings. The molecule has 0 aliphatic carbocycles. The molecule has 4 nitrogen and oxygen atoms in total. The fraction of sp³-hybridized carbons (Fsp3) is 0.440. The molecular formula is C25H30O4S. The molecule has 2 aromatic carbocycles. The lowest BCUT2D eigenvalue weighted by Gasteiger charge is -2.16. The molecule has 0 saturated carbocycles. The normalized spacial score (nSPS) is 23.5. The van der Waals surface area contributed by atoms with Crippen LogP contribution in [0, 0.1) is 5.92 Å². The summed E-state index contributed by atoms with van der Waals surface area (Å²) in [5.41, 5.74) is 4.49. The number of phenolic OH excluding ortho intramolecular Hbond substituents is 1. The second-order valence-electron chi connectivity index (χ2n) is 8.67. The molecule has 30 heavy (non-hydrogen) atoms. The van der Waals surface area contributed by atoms with Crippen molar-refractivity contribution in [3.8, 4) is 5.75 Å². The van der Waals surface area contributed by atoms with Crippen LogP contribution in [0.4, 0.5) is 0 Å². The van der Waals surface area contributed by atoms with Gasteiger partial charge in [-0.15, -0.1) is 0 Å². The van der Waals surface area contributed by atoms with E-state index in [1.54, 1.807) is 6.07 Å². The molecule has 2 heterocycles. The molecule has 0 aromatic heterocycles. The van der Waals surface area contributed by atoms with Crippen molar-refractivity contribution in [1.82, 2.24) is 0 Å². The summed E-state index contributed by atoms with van der Waals surface area (Å²) >= 11 is 0. The van der Waals surface area contributed by atoms with Crippen LogP contribution >= 0.6 is 0 Å². The molecule has 2 atom stereocenters. The van der Waals surface area contributed by atoms with Crippen LogP contribution < -0.4 is 0 Å². The van der Waals surface area contributed by atoms with Crippen LogP contribution in [0.2, 0.25) is 0 Å². The standard InChI is InChI=1S/C25H30O4S/c1-4-17(13-18-10-11-22(26)20-8-6-5-7-19(18)20)9-12-23-25-21(16(2)3)15-30(27,28)24(25)14-29-23/h5-8,10-11,13,16,23-24,26H,4,9,12,14-15H2,1-3H3/b17-13+/t23-,24+/m1/s1. The Bertz CT molecular complexity index is 1130. The van der Waals surface area contributed by atoms with Crippen LogP contribution in [0.1, 0.15) is 45.6 Å². The number of allylic oxidation sites excluding steroid dienone is 1. The highest BCUT2D eigenvalue weighted by molar-refractivity contribution is 7.92. The van der Waals surface area contributed by atoms with Gasteiger partial charge in [0.1, 0.15) is 11.0 Å². The number of fused-ring (bicyclic) bond motifs is 2. The lowest BCUT2D eigenvalue weighted by Crippen LogP contribution is -2.19. The zero-order chi connectivity index (χ0) is 21.5. The number of rotatable bonds is 6. The average Bonchev–Trinajstić information content (AvgIpc) is 3.26. The Morgan fingerprint density at radius 1 is 1.20 bits per heavy atom. The van der Waals surface area contributed by atoms with Gasteiger partial charge < -0.3 is 9.84 Å². The zero-order valence-electron chi connectivity index (χ0n) is 17.9. The SMILES string of the molecule is CC/C(=C\c1ccc(O)c2ccccc12)CC[C@H]1OC[C@H]2C1=C(C(C)C)CS2(=O)=O. The molecule has 2 aliphatic rings. The third-order valence-corrected chi connectivity index (χ3v) is 8.45. The molecule has 2 aliphatic heterocycles. The molecule has 0 amide bonds. The first-order chi connectivity index (χ1) is 14.3. The van der Waals surface area contributed by atoms with Crippen molar-refractivity contribution in [1.29, 1.82) is 0 Å². The molecule has 1 N–H and O–H groups in total. The smallest absolute Gasteiger partial charge is 0.163 e. The summed E-state index contributed by atoms with van der Waals surface area (Å²) in [7, 11) is -3.11. The number of phenols is 1. The predicted octanol–water partition coefficient (Wildman–Crippen LogP) is 5.27. The van der Waals surface area contributed by atoms with Gasteiger partial charge in [-0.1, -0.05) is 62.8 Å². The van der Waals surface area contributed by atoms with Crippen molar-refractivity contribution in [2.24, 2.45) is 5.92 Å². The quantitative estimate of drug-likeness (QED) is 0.640. The van der Waals surface area contributed by atoms with Crippen LogP contribution in [0.15, 0.2) is 53.1 Å². The summed E-state index contributed by atoms with van der Waals surface area (Å²) < 4.78 is 31.0. The van der Waals surface area contributed by atoms with E-state index >= 15 is 0 Å². The lowest BCUT2D eigenvalue weighted by atomic mass is 9.91.